The maximum Gasteiger partial charge on any atom is 0.257 e. The number of carbonyl (C=O) groups excluding carboxylic acids is 2. The number of morpholine rings is 1. The normalized spacial score (nSPS) is 16.3. The van der Waals surface area contributed by atoms with Crippen LogP contribution in [0.1, 0.15) is 35.8 Å². The van der Waals surface area contributed by atoms with Crippen molar-refractivity contribution in [3.8, 4) is 0 Å². The minimum Gasteiger partial charge on any atom is -0.379 e. The van der Waals surface area contributed by atoms with Crippen molar-refractivity contribution in [2.45, 2.75) is 25.9 Å². The summed E-state index contributed by atoms with van der Waals surface area (Å²) in [6.07, 6.45) is 0. The average Bonchev–Trinajstić information content (AvgIpc) is 2.79. The Hall–Kier alpha value is -2.55. The topological polar surface area (TPSA) is 70.7 Å². The second-order valence-corrected chi connectivity index (χ2v) is 8.63. The van der Waals surface area contributed by atoms with Gasteiger partial charge >= 0.3 is 0 Å². The average molecular weight is 480 g/mol. The van der Waals surface area contributed by atoms with Crippen LogP contribution in [0.3, 0.4) is 0 Å². The zero-order valence-electron chi connectivity index (χ0n) is 18.6. The quantitative estimate of drug-likeness (QED) is 0.607. The Kier molecular flexibility index (Phi) is 8.77. The molecule has 178 valence electrons. The van der Waals surface area contributed by atoms with Crippen molar-refractivity contribution in [3.63, 3.8) is 0 Å². The highest BCUT2D eigenvalue weighted by molar-refractivity contribution is 6.31. The lowest BCUT2D eigenvalue weighted by molar-refractivity contribution is -0.124. The van der Waals surface area contributed by atoms with E-state index in [4.69, 9.17) is 16.3 Å². The van der Waals surface area contributed by atoms with Crippen molar-refractivity contribution < 1.29 is 23.1 Å². The molecule has 2 amide bonds. The van der Waals surface area contributed by atoms with Crippen LogP contribution in [0.5, 0.6) is 0 Å². The third-order valence-corrected chi connectivity index (χ3v) is 5.99. The summed E-state index contributed by atoms with van der Waals surface area (Å²) in [4.78, 5) is 27.8. The fourth-order valence-electron chi connectivity index (χ4n) is 3.84. The van der Waals surface area contributed by atoms with Crippen molar-refractivity contribution in [1.29, 1.82) is 0 Å². The van der Waals surface area contributed by atoms with Crippen molar-refractivity contribution in [1.82, 2.24) is 15.5 Å². The Morgan fingerprint density at radius 1 is 1.06 bits per heavy atom. The summed E-state index contributed by atoms with van der Waals surface area (Å²) in [7, 11) is 0. The molecule has 0 radical (unpaired) electrons. The lowest BCUT2D eigenvalue weighted by Gasteiger charge is -2.35. The predicted molar refractivity (Wildman–Crippen MR) is 122 cm³/mol. The molecule has 1 saturated heterocycles. The summed E-state index contributed by atoms with van der Waals surface area (Å²) in [6, 6.07) is 9.44. The molecule has 0 aromatic heterocycles. The number of rotatable bonds is 8. The Morgan fingerprint density at radius 2 is 1.70 bits per heavy atom. The van der Waals surface area contributed by atoms with Gasteiger partial charge in [-0.3, -0.25) is 14.5 Å². The first-order valence-electron chi connectivity index (χ1n) is 10.9. The molecule has 3 rings (SSSR count). The van der Waals surface area contributed by atoms with Gasteiger partial charge in [-0.05, 0) is 29.7 Å². The third-order valence-electron chi connectivity index (χ3n) is 5.65. The molecule has 2 N–H and O–H groups in total. The van der Waals surface area contributed by atoms with Crippen LogP contribution in [0.15, 0.2) is 42.5 Å². The maximum atomic E-state index is 14.0. The number of hydrogen-bond donors (Lipinski definition) is 2. The van der Waals surface area contributed by atoms with E-state index in [1.165, 1.54) is 6.07 Å². The van der Waals surface area contributed by atoms with Crippen LogP contribution in [0.2, 0.25) is 5.02 Å². The molecule has 1 aliphatic heterocycles. The summed E-state index contributed by atoms with van der Waals surface area (Å²) in [5, 5.41) is 5.96. The first-order chi connectivity index (χ1) is 15.8. The molecule has 6 nitrogen and oxygen atoms in total. The van der Waals surface area contributed by atoms with Gasteiger partial charge in [0.1, 0.15) is 23.2 Å². The van der Waals surface area contributed by atoms with Gasteiger partial charge in [-0.2, -0.15) is 0 Å². The molecule has 1 aliphatic rings. The largest absolute Gasteiger partial charge is 0.379 e. The molecule has 33 heavy (non-hydrogen) atoms. The maximum absolute atomic E-state index is 14.0. The highest BCUT2D eigenvalue weighted by atomic mass is 35.5. The van der Waals surface area contributed by atoms with Crippen LogP contribution in [-0.2, 0) is 9.53 Å². The number of carbonyl (C=O) groups is 2. The fraction of sp³-hybridized carbons (Fsp3) is 0.417. The van der Waals surface area contributed by atoms with Crippen LogP contribution < -0.4 is 10.6 Å². The molecular weight excluding hydrogens is 452 g/mol. The summed E-state index contributed by atoms with van der Waals surface area (Å²) < 4.78 is 33.5. The van der Waals surface area contributed by atoms with Crippen LogP contribution >= 0.6 is 11.6 Å². The minimum absolute atomic E-state index is 0.195. The molecule has 2 aromatic rings. The summed E-state index contributed by atoms with van der Waals surface area (Å²) >= 11 is 6.43. The van der Waals surface area contributed by atoms with Crippen molar-refractivity contribution in [3.05, 3.63) is 70.2 Å². The van der Waals surface area contributed by atoms with Crippen LogP contribution in [-0.4, -0.2) is 55.6 Å². The van der Waals surface area contributed by atoms with Gasteiger partial charge in [-0.25, -0.2) is 8.78 Å². The van der Waals surface area contributed by atoms with Crippen LogP contribution in [0, 0.1) is 17.6 Å². The minimum atomic E-state index is -0.985. The number of amides is 2. The fourth-order valence-corrected chi connectivity index (χ4v) is 4.10. The van der Waals surface area contributed by atoms with E-state index in [9.17, 15) is 18.4 Å². The van der Waals surface area contributed by atoms with Crippen LogP contribution in [0.25, 0.3) is 0 Å². The van der Waals surface area contributed by atoms with Crippen molar-refractivity contribution in [2.75, 3.05) is 32.8 Å². The second-order valence-electron chi connectivity index (χ2n) is 8.22. The van der Waals surface area contributed by atoms with E-state index in [1.54, 1.807) is 19.9 Å². The van der Waals surface area contributed by atoms with Gasteiger partial charge in [0, 0.05) is 24.7 Å². The third kappa shape index (κ3) is 6.28. The van der Waals surface area contributed by atoms with E-state index in [1.807, 2.05) is 18.2 Å². The molecule has 0 spiro atoms. The van der Waals surface area contributed by atoms with E-state index in [0.717, 1.165) is 17.7 Å². The Balaban J connectivity index is 1.74. The van der Waals surface area contributed by atoms with E-state index in [-0.39, 0.29) is 18.5 Å². The monoisotopic (exact) mass is 479 g/mol. The Morgan fingerprint density at radius 3 is 2.30 bits per heavy atom. The summed E-state index contributed by atoms with van der Waals surface area (Å²) in [6.45, 7) is 6.26. The van der Waals surface area contributed by atoms with Gasteiger partial charge in [-0.15, -0.1) is 0 Å². The molecule has 0 saturated carbocycles. The number of nitrogens with zero attached hydrogens (tertiary/aromatic N) is 1. The number of hydrogen-bond acceptors (Lipinski definition) is 4. The number of halogens is 3. The molecule has 9 heteroatoms. The SMILES string of the molecule is CC(C)[C@H](NC(=O)c1c(F)cccc1F)C(=O)NCC(c1ccccc1Cl)N1CCOCC1. The lowest BCUT2D eigenvalue weighted by atomic mass is 10.0. The molecule has 0 bridgehead atoms. The number of benzene rings is 2. The van der Waals surface area contributed by atoms with Gasteiger partial charge in [0.15, 0.2) is 0 Å². The predicted octanol–water partition coefficient (Wildman–Crippen LogP) is 3.56. The van der Waals surface area contributed by atoms with Crippen molar-refractivity contribution >= 4 is 23.4 Å². The zero-order chi connectivity index (χ0) is 24.0. The first-order valence-corrected chi connectivity index (χ1v) is 11.3. The molecular formula is C24H28ClF2N3O3. The van der Waals surface area contributed by atoms with Gasteiger partial charge in [-0.1, -0.05) is 49.7 Å². The Bertz CT molecular complexity index is 963. The molecule has 2 aromatic carbocycles. The molecule has 1 fully saturated rings. The summed E-state index contributed by atoms with van der Waals surface area (Å²) in [5.41, 5.74) is 0.165. The summed E-state index contributed by atoms with van der Waals surface area (Å²) in [5.74, 6) is -3.70. The Labute approximate surface area is 197 Å². The highest BCUT2D eigenvalue weighted by Crippen LogP contribution is 2.28. The van der Waals surface area contributed by atoms with E-state index in [0.29, 0.717) is 31.3 Å². The van der Waals surface area contributed by atoms with Crippen LogP contribution in [0.4, 0.5) is 8.78 Å². The molecule has 1 heterocycles. The van der Waals surface area contributed by atoms with Crippen molar-refractivity contribution in [2.24, 2.45) is 5.92 Å². The van der Waals surface area contributed by atoms with E-state index < -0.39 is 35.1 Å². The number of ether oxygens (including phenoxy) is 1. The molecule has 0 aliphatic carbocycles. The zero-order valence-corrected chi connectivity index (χ0v) is 19.4. The van der Waals surface area contributed by atoms with Gasteiger partial charge < -0.3 is 15.4 Å². The van der Waals surface area contributed by atoms with Gasteiger partial charge in [0.05, 0.1) is 19.3 Å². The van der Waals surface area contributed by atoms with E-state index in [2.05, 4.69) is 15.5 Å². The van der Waals surface area contributed by atoms with E-state index >= 15 is 0 Å². The lowest BCUT2D eigenvalue weighted by Crippen LogP contribution is -2.52. The first kappa shape index (κ1) is 25.1. The highest BCUT2D eigenvalue weighted by Gasteiger charge is 2.30. The standard InChI is InChI=1S/C24H28ClF2N3O3/c1-15(2)22(29-23(31)21-18(26)8-5-9-19(21)27)24(32)28-14-20(30-10-12-33-13-11-30)16-6-3-4-7-17(16)25/h3-9,15,20,22H,10-14H2,1-2H3,(H,28,32)(H,29,31)/t20?,22-/m0/s1. The van der Waals surface area contributed by atoms with Gasteiger partial charge in [0.2, 0.25) is 5.91 Å². The molecule has 2 atom stereocenters. The van der Waals surface area contributed by atoms with Gasteiger partial charge in [0.25, 0.3) is 5.91 Å². The second kappa shape index (κ2) is 11.5. The number of nitrogens with one attached hydrogen (secondary N) is 2. The molecule has 1 unspecified atom stereocenters. The smallest absolute Gasteiger partial charge is 0.257 e.